The van der Waals surface area contributed by atoms with Crippen molar-refractivity contribution in [2.45, 2.75) is 13.0 Å². The highest BCUT2D eigenvalue weighted by atomic mass is 79.9. The highest BCUT2D eigenvalue weighted by Gasteiger charge is 2.27. The summed E-state index contributed by atoms with van der Waals surface area (Å²) in [5.41, 5.74) is 7.74. The van der Waals surface area contributed by atoms with Gasteiger partial charge in [0.05, 0.1) is 15.8 Å². The summed E-state index contributed by atoms with van der Waals surface area (Å²) in [6.07, 6.45) is 1.34. The Balaban J connectivity index is 1.82. The second-order valence-electron chi connectivity index (χ2n) is 7.44. The van der Waals surface area contributed by atoms with Gasteiger partial charge in [-0.3, -0.25) is 10.1 Å². The van der Waals surface area contributed by atoms with Crippen molar-refractivity contribution in [2.75, 3.05) is 16.4 Å². The van der Waals surface area contributed by atoms with Gasteiger partial charge in [-0.2, -0.15) is 0 Å². The van der Waals surface area contributed by atoms with Crippen molar-refractivity contribution >= 4 is 60.9 Å². The van der Waals surface area contributed by atoms with Crippen LogP contribution in [0.15, 0.2) is 87.8 Å². The van der Waals surface area contributed by atoms with E-state index >= 15 is 0 Å². The molecule has 0 bridgehead atoms. The Labute approximate surface area is 214 Å². The number of halogens is 2. The molecule has 176 valence electrons. The molecule has 0 unspecified atom stereocenters. The van der Waals surface area contributed by atoms with Crippen molar-refractivity contribution in [1.82, 2.24) is 0 Å². The molecular formula is C25H23Br2N3O4. The Morgan fingerprint density at radius 3 is 2.41 bits per heavy atom. The molecule has 0 aromatic heterocycles. The maximum atomic E-state index is 12.6. The number of rotatable bonds is 7. The predicted molar refractivity (Wildman–Crippen MR) is 141 cm³/mol. The van der Waals surface area contributed by atoms with Gasteiger partial charge in [0.2, 0.25) is 5.91 Å². The first kappa shape index (κ1) is 25.3. The molecule has 0 aliphatic carbocycles. The lowest BCUT2D eigenvalue weighted by atomic mass is 9.96. The molecule has 0 saturated heterocycles. The normalized spacial score (nSPS) is 12.7. The van der Waals surface area contributed by atoms with Gasteiger partial charge in [-0.1, -0.05) is 59.3 Å². The largest absolute Gasteiger partial charge is 0.506 e. The average Bonchev–Trinajstić information content (AvgIpc) is 2.80. The maximum absolute atomic E-state index is 12.6. The van der Waals surface area contributed by atoms with Crippen LogP contribution in [-0.4, -0.2) is 17.1 Å². The van der Waals surface area contributed by atoms with Gasteiger partial charge < -0.3 is 20.9 Å². The number of phenolic OH excluding ortho intramolecular Hbond substituents is 1. The third kappa shape index (κ3) is 6.85. The topological polar surface area (TPSA) is 114 Å². The van der Waals surface area contributed by atoms with E-state index in [4.69, 9.17) is 10.5 Å². The number of nitrogen functional groups attached to an aromatic ring is 1. The van der Waals surface area contributed by atoms with E-state index in [0.29, 0.717) is 31.6 Å². The van der Waals surface area contributed by atoms with Gasteiger partial charge in [0.15, 0.2) is 0 Å². The first-order valence-electron chi connectivity index (χ1n) is 10.3. The number of nitrogens with one attached hydrogen (secondary N) is 2. The third-order valence-corrected chi connectivity index (χ3v) is 5.93. The van der Waals surface area contributed by atoms with E-state index in [2.05, 4.69) is 42.5 Å². The molecule has 7 nitrogen and oxygen atoms in total. The zero-order valence-corrected chi connectivity index (χ0v) is 21.3. The summed E-state index contributed by atoms with van der Waals surface area (Å²) < 4.78 is 6.82. The van der Waals surface area contributed by atoms with Crippen molar-refractivity contribution in [3.63, 3.8) is 0 Å². The maximum Gasteiger partial charge on any atom is 0.412 e. The summed E-state index contributed by atoms with van der Waals surface area (Å²) in [6, 6.07) is 19.1. The van der Waals surface area contributed by atoms with Crippen LogP contribution in [0, 0.1) is 5.92 Å². The molecule has 0 aliphatic rings. The number of amides is 2. The van der Waals surface area contributed by atoms with E-state index in [1.807, 2.05) is 6.07 Å². The minimum atomic E-state index is -0.900. The van der Waals surface area contributed by atoms with Crippen molar-refractivity contribution in [3.8, 4) is 5.75 Å². The summed E-state index contributed by atoms with van der Waals surface area (Å²) in [6.45, 7) is 1.77. The number of para-hydroxylation sites is 3. The summed E-state index contributed by atoms with van der Waals surface area (Å²) in [5.74, 6) is -0.938. The highest BCUT2D eigenvalue weighted by Crippen LogP contribution is 2.40. The lowest BCUT2D eigenvalue weighted by Gasteiger charge is -2.24. The van der Waals surface area contributed by atoms with E-state index in [9.17, 15) is 14.7 Å². The van der Waals surface area contributed by atoms with E-state index in [0.717, 1.165) is 0 Å². The summed E-state index contributed by atoms with van der Waals surface area (Å²) in [7, 11) is 0. The van der Waals surface area contributed by atoms with Crippen LogP contribution in [-0.2, 0) is 9.53 Å². The summed E-state index contributed by atoms with van der Waals surface area (Å²) in [4.78, 5) is 25.1. The molecule has 2 amide bonds. The standard InChI is InChI=1S/C25H23Br2N3O4/c1-15(11-12-22(31)30-21-10-6-5-9-20(21)28)24(18-13-16(26)14-19(27)23(18)32)34-25(33)29-17-7-3-2-4-8-17/h2-15,24,32H,28H2,1H3,(H,29,33)(H,30,31)/b12-11+/t15-,24-/m0/s1. The molecule has 5 N–H and O–H groups in total. The molecule has 34 heavy (non-hydrogen) atoms. The number of anilines is 3. The molecule has 3 aromatic carbocycles. The Bertz CT molecular complexity index is 1200. The lowest BCUT2D eigenvalue weighted by Crippen LogP contribution is -2.21. The molecule has 0 radical (unpaired) electrons. The number of ether oxygens (including phenoxy) is 1. The molecule has 0 fully saturated rings. The smallest absolute Gasteiger partial charge is 0.412 e. The van der Waals surface area contributed by atoms with E-state index in [1.165, 1.54) is 6.08 Å². The van der Waals surface area contributed by atoms with Gasteiger partial charge in [0.25, 0.3) is 0 Å². The first-order valence-corrected chi connectivity index (χ1v) is 11.9. The molecule has 0 aliphatic heterocycles. The SMILES string of the molecule is C[C@@H](/C=C/C(=O)Nc1ccccc1N)[C@H](OC(=O)Nc1ccccc1)c1cc(Br)cc(Br)c1O. The number of phenols is 1. The van der Waals surface area contributed by atoms with Crippen LogP contribution >= 0.6 is 31.9 Å². The average molecular weight is 589 g/mol. The zero-order valence-electron chi connectivity index (χ0n) is 18.2. The van der Waals surface area contributed by atoms with E-state index < -0.39 is 24.0 Å². The minimum absolute atomic E-state index is 0.0672. The van der Waals surface area contributed by atoms with Crippen molar-refractivity contribution < 1.29 is 19.4 Å². The molecule has 0 saturated carbocycles. The lowest BCUT2D eigenvalue weighted by molar-refractivity contribution is -0.111. The fourth-order valence-electron chi connectivity index (χ4n) is 3.17. The minimum Gasteiger partial charge on any atom is -0.506 e. The van der Waals surface area contributed by atoms with Gasteiger partial charge in [-0.05, 0) is 58.4 Å². The van der Waals surface area contributed by atoms with Crippen molar-refractivity contribution in [3.05, 3.63) is 93.4 Å². The van der Waals surface area contributed by atoms with E-state index in [-0.39, 0.29) is 5.75 Å². The zero-order chi connectivity index (χ0) is 24.7. The van der Waals surface area contributed by atoms with Gasteiger partial charge >= 0.3 is 6.09 Å². The van der Waals surface area contributed by atoms with Gasteiger partial charge in [0.1, 0.15) is 11.9 Å². The molecular weight excluding hydrogens is 566 g/mol. The van der Waals surface area contributed by atoms with Gasteiger partial charge in [-0.15, -0.1) is 0 Å². The highest BCUT2D eigenvalue weighted by molar-refractivity contribution is 9.11. The van der Waals surface area contributed by atoms with Crippen LogP contribution in [0.3, 0.4) is 0 Å². The Morgan fingerprint density at radius 2 is 1.71 bits per heavy atom. The number of carbonyl (C=O) groups excluding carboxylic acids is 2. The molecule has 3 rings (SSSR count). The second-order valence-corrected chi connectivity index (χ2v) is 9.21. The molecule has 2 atom stereocenters. The summed E-state index contributed by atoms with van der Waals surface area (Å²) in [5, 5.41) is 16.0. The van der Waals surface area contributed by atoms with Crippen LogP contribution in [0.25, 0.3) is 0 Å². The molecule has 0 heterocycles. The number of hydrogen-bond acceptors (Lipinski definition) is 5. The monoisotopic (exact) mass is 587 g/mol. The van der Waals surface area contributed by atoms with Crippen LogP contribution in [0.1, 0.15) is 18.6 Å². The Morgan fingerprint density at radius 1 is 1.03 bits per heavy atom. The third-order valence-electron chi connectivity index (χ3n) is 4.87. The van der Waals surface area contributed by atoms with Crippen molar-refractivity contribution in [1.29, 1.82) is 0 Å². The number of carbonyl (C=O) groups is 2. The Hall–Kier alpha value is -3.30. The molecule has 3 aromatic rings. The van der Waals surface area contributed by atoms with Gasteiger partial charge in [-0.25, -0.2) is 4.79 Å². The molecule has 9 heteroatoms. The van der Waals surface area contributed by atoms with Crippen LogP contribution in [0.2, 0.25) is 0 Å². The fraction of sp³-hybridized carbons (Fsp3) is 0.120. The van der Waals surface area contributed by atoms with Crippen LogP contribution in [0.4, 0.5) is 21.9 Å². The number of aromatic hydroxyl groups is 1. The van der Waals surface area contributed by atoms with Crippen molar-refractivity contribution in [2.24, 2.45) is 5.92 Å². The van der Waals surface area contributed by atoms with Crippen LogP contribution in [0.5, 0.6) is 5.75 Å². The fourth-order valence-corrected chi connectivity index (χ4v) is 4.42. The van der Waals surface area contributed by atoms with Crippen LogP contribution < -0.4 is 16.4 Å². The van der Waals surface area contributed by atoms with E-state index in [1.54, 1.807) is 73.7 Å². The number of benzene rings is 3. The number of hydrogen-bond donors (Lipinski definition) is 4. The quantitative estimate of drug-likeness (QED) is 0.183. The number of nitrogens with two attached hydrogens (primary N) is 1. The predicted octanol–water partition coefficient (Wildman–Crippen LogP) is 6.62. The van der Waals surface area contributed by atoms with Gasteiger partial charge in [0, 0.05) is 21.6 Å². The summed E-state index contributed by atoms with van der Waals surface area (Å²) >= 11 is 6.71. The Kier molecular flexibility index (Phi) is 8.72. The first-order chi connectivity index (χ1) is 16.2. The second kappa shape index (κ2) is 11.7. The molecule has 0 spiro atoms.